The highest BCUT2D eigenvalue weighted by Crippen LogP contribution is 2.21. The van der Waals surface area contributed by atoms with Crippen molar-refractivity contribution in [3.8, 4) is 0 Å². The van der Waals surface area contributed by atoms with E-state index in [9.17, 15) is 8.78 Å². The van der Waals surface area contributed by atoms with Crippen LogP contribution in [-0.2, 0) is 11.3 Å². The number of hydrogen-bond acceptors (Lipinski definition) is 2. The Labute approximate surface area is 99.8 Å². The molecule has 0 radical (unpaired) electrons. The first-order valence-corrected chi connectivity index (χ1v) is 5.97. The predicted octanol–water partition coefficient (Wildman–Crippen LogP) is 2.75. The van der Waals surface area contributed by atoms with Gasteiger partial charge < -0.3 is 10.5 Å². The van der Waals surface area contributed by atoms with Crippen molar-refractivity contribution in [2.45, 2.75) is 44.4 Å². The molecular formula is C13H17F2NO. The Bertz CT molecular complexity index is 363. The summed E-state index contributed by atoms with van der Waals surface area (Å²) in [6.45, 7) is 0.215. The van der Waals surface area contributed by atoms with Gasteiger partial charge in [0, 0.05) is 12.1 Å². The van der Waals surface area contributed by atoms with E-state index in [0.29, 0.717) is 5.56 Å². The van der Waals surface area contributed by atoms with Gasteiger partial charge in [0.2, 0.25) is 0 Å². The van der Waals surface area contributed by atoms with E-state index < -0.39 is 11.6 Å². The van der Waals surface area contributed by atoms with Gasteiger partial charge in [0.1, 0.15) is 11.6 Å². The van der Waals surface area contributed by atoms with E-state index in [2.05, 4.69) is 0 Å². The van der Waals surface area contributed by atoms with Gasteiger partial charge in [-0.05, 0) is 30.5 Å². The van der Waals surface area contributed by atoms with Crippen LogP contribution in [0.2, 0.25) is 0 Å². The van der Waals surface area contributed by atoms with Crippen LogP contribution in [0.25, 0.3) is 0 Å². The molecular weight excluding hydrogens is 224 g/mol. The largest absolute Gasteiger partial charge is 0.372 e. The van der Waals surface area contributed by atoms with Crippen molar-refractivity contribution in [2.24, 2.45) is 5.73 Å². The molecule has 2 atom stereocenters. The van der Waals surface area contributed by atoms with E-state index in [0.717, 1.165) is 31.7 Å². The maximum Gasteiger partial charge on any atom is 0.126 e. The number of halogens is 2. The highest BCUT2D eigenvalue weighted by molar-refractivity contribution is 5.17. The Hall–Kier alpha value is -1.00. The third kappa shape index (κ3) is 3.48. The smallest absolute Gasteiger partial charge is 0.126 e. The van der Waals surface area contributed by atoms with Crippen LogP contribution in [0.15, 0.2) is 18.2 Å². The zero-order valence-corrected chi connectivity index (χ0v) is 9.66. The SMILES string of the molecule is N[C@H]1CCCC[C@@H]1OCc1cc(F)cc(F)c1. The molecule has 1 aromatic rings. The maximum atomic E-state index is 12.9. The molecule has 1 aromatic carbocycles. The molecule has 0 aliphatic heterocycles. The molecule has 1 aliphatic carbocycles. The first kappa shape index (κ1) is 12.5. The van der Waals surface area contributed by atoms with Gasteiger partial charge in [-0.25, -0.2) is 8.78 Å². The van der Waals surface area contributed by atoms with Crippen molar-refractivity contribution in [3.63, 3.8) is 0 Å². The first-order chi connectivity index (χ1) is 8.15. The van der Waals surface area contributed by atoms with Gasteiger partial charge in [0.05, 0.1) is 12.7 Å². The van der Waals surface area contributed by atoms with Crippen LogP contribution in [0.4, 0.5) is 8.78 Å². The molecule has 2 rings (SSSR count). The molecule has 4 heteroatoms. The van der Waals surface area contributed by atoms with Gasteiger partial charge in [0.25, 0.3) is 0 Å². The second-order valence-electron chi connectivity index (χ2n) is 4.58. The fourth-order valence-corrected chi connectivity index (χ4v) is 2.23. The van der Waals surface area contributed by atoms with Gasteiger partial charge in [-0.3, -0.25) is 0 Å². The van der Waals surface area contributed by atoms with Crippen LogP contribution >= 0.6 is 0 Å². The Morgan fingerprint density at radius 2 is 1.76 bits per heavy atom. The Morgan fingerprint density at radius 1 is 1.12 bits per heavy atom. The fourth-order valence-electron chi connectivity index (χ4n) is 2.23. The number of benzene rings is 1. The lowest BCUT2D eigenvalue weighted by atomic mass is 9.93. The molecule has 0 amide bonds. The highest BCUT2D eigenvalue weighted by atomic mass is 19.1. The zero-order valence-electron chi connectivity index (χ0n) is 9.66. The van der Waals surface area contributed by atoms with Gasteiger partial charge >= 0.3 is 0 Å². The molecule has 0 aromatic heterocycles. The molecule has 0 heterocycles. The quantitative estimate of drug-likeness (QED) is 0.883. The molecule has 0 spiro atoms. The second-order valence-corrected chi connectivity index (χ2v) is 4.58. The van der Waals surface area contributed by atoms with Gasteiger partial charge in [-0.2, -0.15) is 0 Å². The monoisotopic (exact) mass is 241 g/mol. The summed E-state index contributed by atoms with van der Waals surface area (Å²) in [5, 5.41) is 0. The summed E-state index contributed by atoms with van der Waals surface area (Å²) < 4.78 is 31.5. The van der Waals surface area contributed by atoms with E-state index in [1.165, 1.54) is 12.1 Å². The van der Waals surface area contributed by atoms with E-state index in [1.807, 2.05) is 0 Å². The van der Waals surface area contributed by atoms with Gasteiger partial charge in [0.15, 0.2) is 0 Å². The minimum Gasteiger partial charge on any atom is -0.372 e. The van der Waals surface area contributed by atoms with Crippen LogP contribution in [0.1, 0.15) is 31.2 Å². The first-order valence-electron chi connectivity index (χ1n) is 5.97. The number of rotatable bonds is 3. The van der Waals surface area contributed by atoms with Crippen LogP contribution in [0, 0.1) is 11.6 Å². The number of ether oxygens (including phenoxy) is 1. The molecule has 0 unspecified atom stereocenters. The molecule has 1 saturated carbocycles. The van der Waals surface area contributed by atoms with E-state index in [4.69, 9.17) is 10.5 Å². The highest BCUT2D eigenvalue weighted by Gasteiger charge is 2.22. The molecule has 0 saturated heterocycles. The molecule has 1 aliphatic rings. The normalized spacial score (nSPS) is 24.9. The summed E-state index contributed by atoms with van der Waals surface area (Å²) in [7, 11) is 0. The predicted molar refractivity (Wildman–Crippen MR) is 61.4 cm³/mol. The lowest BCUT2D eigenvalue weighted by molar-refractivity contribution is 0.00385. The molecule has 94 valence electrons. The fraction of sp³-hybridized carbons (Fsp3) is 0.538. The van der Waals surface area contributed by atoms with Crippen molar-refractivity contribution >= 4 is 0 Å². The topological polar surface area (TPSA) is 35.2 Å². The molecule has 1 fully saturated rings. The van der Waals surface area contributed by atoms with Crippen molar-refractivity contribution in [1.82, 2.24) is 0 Å². The summed E-state index contributed by atoms with van der Waals surface area (Å²) in [5.74, 6) is -1.15. The van der Waals surface area contributed by atoms with E-state index in [1.54, 1.807) is 0 Å². The summed E-state index contributed by atoms with van der Waals surface area (Å²) in [6, 6.07) is 3.48. The Kier molecular flexibility index (Phi) is 4.07. The average molecular weight is 241 g/mol. The van der Waals surface area contributed by atoms with Gasteiger partial charge in [-0.15, -0.1) is 0 Å². The number of hydrogen-bond donors (Lipinski definition) is 1. The Balaban J connectivity index is 1.92. The van der Waals surface area contributed by atoms with Gasteiger partial charge in [-0.1, -0.05) is 12.8 Å². The molecule has 17 heavy (non-hydrogen) atoms. The van der Waals surface area contributed by atoms with Crippen molar-refractivity contribution in [3.05, 3.63) is 35.4 Å². The van der Waals surface area contributed by atoms with Crippen LogP contribution in [0.5, 0.6) is 0 Å². The zero-order chi connectivity index (χ0) is 12.3. The molecule has 0 bridgehead atoms. The van der Waals surface area contributed by atoms with E-state index >= 15 is 0 Å². The minimum absolute atomic E-state index is 0.00933. The van der Waals surface area contributed by atoms with Crippen molar-refractivity contribution in [1.29, 1.82) is 0 Å². The summed E-state index contributed by atoms with van der Waals surface area (Å²) >= 11 is 0. The minimum atomic E-state index is -0.573. The summed E-state index contributed by atoms with van der Waals surface area (Å²) in [6.07, 6.45) is 4.14. The van der Waals surface area contributed by atoms with Crippen LogP contribution in [-0.4, -0.2) is 12.1 Å². The third-order valence-corrected chi connectivity index (χ3v) is 3.14. The van der Waals surface area contributed by atoms with E-state index in [-0.39, 0.29) is 18.8 Å². The molecule has 2 N–H and O–H groups in total. The lowest BCUT2D eigenvalue weighted by Crippen LogP contribution is -2.39. The Morgan fingerprint density at radius 3 is 2.41 bits per heavy atom. The summed E-state index contributed by atoms with van der Waals surface area (Å²) in [5.41, 5.74) is 6.44. The van der Waals surface area contributed by atoms with Crippen molar-refractivity contribution in [2.75, 3.05) is 0 Å². The van der Waals surface area contributed by atoms with Crippen LogP contribution < -0.4 is 5.73 Å². The standard InChI is InChI=1S/C13H17F2NO/c14-10-5-9(6-11(15)7-10)8-17-13-4-2-1-3-12(13)16/h5-7,12-13H,1-4,8,16H2/t12-,13-/m0/s1. The second kappa shape index (κ2) is 5.56. The van der Waals surface area contributed by atoms with Crippen LogP contribution in [0.3, 0.4) is 0 Å². The molecule has 2 nitrogen and oxygen atoms in total. The maximum absolute atomic E-state index is 12.9. The lowest BCUT2D eigenvalue weighted by Gasteiger charge is -2.28. The number of nitrogens with two attached hydrogens (primary N) is 1. The third-order valence-electron chi connectivity index (χ3n) is 3.14. The van der Waals surface area contributed by atoms with Crippen molar-refractivity contribution < 1.29 is 13.5 Å². The average Bonchev–Trinajstić information content (AvgIpc) is 2.27. The summed E-state index contributed by atoms with van der Waals surface area (Å²) in [4.78, 5) is 0.